The highest BCUT2D eigenvalue weighted by Gasteiger charge is 2.35. The highest BCUT2D eigenvalue weighted by Crippen LogP contribution is 2.30. The molecule has 3 aliphatic rings. The van der Waals surface area contributed by atoms with Crippen molar-refractivity contribution in [3.8, 4) is 0 Å². The van der Waals surface area contributed by atoms with Crippen molar-refractivity contribution >= 4 is 23.3 Å². The molecule has 1 atom stereocenters. The molecule has 1 aromatic heterocycles. The van der Waals surface area contributed by atoms with Crippen LogP contribution in [0.5, 0.6) is 0 Å². The topological polar surface area (TPSA) is 86.9 Å². The summed E-state index contributed by atoms with van der Waals surface area (Å²) in [6, 6.07) is 12.2. The Balaban J connectivity index is 1.15. The van der Waals surface area contributed by atoms with Gasteiger partial charge in [0.05, 0.1) is 30.5 Å². The average Bonchev–Trinajstić information content (AvgIpc) is 3.59. The zero-order valence-electron chi connectivity index (χ0n) is 20.2. The van der Waals surface area contributed by atoms with Crippen LogP contribution in [-0.2, 0) is 24.2 Å². The van der Waals surface area contributed by atoms with E-state index in [0.717, 1.165) is 41.8 Å². The summed E-state index contributed by atoms with van der Waals surface area (Å²) < 4.78 is 28.8. The van der Waals surface area contributed by atoms with Crippen LogP contribution in [0.25, 0.3) is 0 Å². The van der Waals surface area contributed by atoms with Gasteiger partial charge in [-0.3, -0.25) is 19.5 Å². The van der Waals surface area contributed by atoms with Gasteiger partial charge in [-0.1, -0.05) is 30.3 Å². The van der Waals surface area contributed by atoms with Gasteiger partial charge in [-0.25, -0.2) is 8.78 Å². The van der Waals surface area contributed by atoms with Gasteiger partial charge in [-0.15, -0.1) is 0 Å². The summed E-state index contributed by atoms with van der Waals surface area (Å²) in [6.07, 6.45) is 7.31. The first-order valence-corrected chi connectivity index (χ1v) is 12.1. The second-order valence-electron chi connectivity index (χ2n) is 9.45. The van der Waals surface area contributed by atoms with Crippen molar-refractivity contribution in [2.24, 2.45) is 9.98 Å². The highest BCUT2D eigenvalue weighted by molar-refractivity contribution is 6.42. The maximum absolute atomic E-state index is 13.9. The molecule has 37 heavy (non-hydrogen) atoms. The lowest BCUT2D eigenvalue weighted by Crippen LogP contribution is -2.44. The Hall–Kier alpha value is -4.34. The lowest BCUT2D eigenvalue weighted by molar-refractivity contribution is -0.116. The van der Waals surface area contributed by atoms with E-state index in [1.54, 1.807) is 12.4 Å². The van der Waals surface area contributed by atoms with Gasteiger partial charge in [0.25, 0.3) is 0 Å². The number of allylic oxidation sites excluding steroid dienone is 1. The number of hydrogen-bond acceptors (Lipinski definition) is 5. The number of carbonyl (C=O) groups excluding carboxylic acids is 1. The van der Waals surface area contributed by atoms with E-state index in [2.05, 4.69) is 44.9 Å². The second kappa shape index (κ2) is 9.27. The van der Waals surface area contributed by atoms with Crippen molar-refractivity contribution in [2.45, 2.75) is 38.4 Å². The van der Waals surface area contributed by atoms with Gasteiger partial charge in [0.15, 0.2) is 23.3 Å². The molecule has 0 bridgehead atoms. The molecule has 10 heteroatoms. The summed E-state index contributed by atoms with van der Waals surface area (Å²) in [7, 11) is 0. The van der Waals surface area contributed by atoms with Crippen LogP contribution in [-0.4, -0.2) is 44.8 Å². The molecule has 1 aliphatic carbocycles. The molecule has 2 N–H and O–H groups in total. The fraction of sp³-hybridized carbons (Fsp3) is 0.259. The summed E-state index contributed by atoms with van der Waals surface area (Å²) in [4.78, 5) is 24.3. The van der Waals surface area contributed by atoms with E-state index in [9.17, 15) is 13.6 Å². The number of aliphatic imine (C=N–C) groups is 2. The van der Waals surface area contributed by atoms with E-state index < -0.39 is 17.5 Å². The molecule has 0 spiro atoms. The third kappa shape index (κ3) is 4.50. The Morgan fingerprint density at radius 3 is 2.73 bits per heavy atom. The van der Waals surface area contributed by atoms with Crippen molar-refractivity contribution in [1.29, 1.82) is 0 Å². The van der Waals surface area contributed by atoms with Crippen LogP contribution in [0, 0.1) is 11.6 Å². The van der Waals surface area contributed by atoms with Crippen molar-refractivity contribution in [1.82, 2.24) is 20.0 Å². The van der Waals surface area contributed by atoms with Crippen molar-refractivity contribution < 1.29 is 13.6 Å². The standard InChI is InChI=1S/C27H25F2N7O/c1-16-13-36-23(12-30-27(36)26(32-16)33-20-9-17-5-2-3-6-18(17)10-20)19-11-31-35(14-19)15-24(37)34-22-8-4-7-21(28)25(22)29/h2-8,11,13-14,20,23H,9-10,12,15H2,1H3,(H,32,33)(H,34,37). The van der Waals surface area contributed by atoms with Gasteiger partial charge in [0.1, 0.15) is 6.54 Å². The van der Waals surface area contributed by atoms with E-state index in [4.69, 9.17) is 9.98 Å². The summed E-state index contributed by atoms with van der Waals surface area (Å²) in [6.45, 7) is 2.38. The highest BCUT2D eigenvalue weighted by atomic mass is 19.2. The van der Waals surface area contributed by atoms with Crippen LogP contribution < -0.4 is 10.6 Å². The Kier molecular flexibility index (Phi) is 5.78. The molecule has 3 aromatic rings. The predicted molar refractivity (Wildman–Crippen MR) is 136 cm³/mol. The van der Waals surface area contributed by atoms with Crippen LogP contribution >= 0.6 is 0 Å². The number of hydrogen-bond donors (Lipinski definition) is 2. The number of carbonyl (C=O) groups is 1. The van der Waals surface area contributed by atoms with E-state index >= 15 is 0 Å². The number of anilines is 1. The van der Waals surface area contributed by atoms with Crippen LogP contribution in [0.3, 0.4) is 0 Å². The van der Waals surface area contributed by atoms with Crippen molar-refractivity contribution in [3.63, 3.8) is 0 Å². The summed E-state index contributed by atoms with van der Waals surface area (Å²) in [5, 5.41) is 10.1. The van der Waals surface area contributed by atoms with Crippen LogP contribution in [0.2, 0.25) is 0 Å². The van der Waals surface area contributed by atoms with Crippen LogP contribution in [0.15, 0.2) is 76.7 Å². The monoisotopic (exact) mass is 501 g/mol. The molecule has 2 aromatic carbocycles. The third-order valence-electron chi connectivity index (χ3n) is 6.76. The minimum absolute atomic E-state index is 0.0875. The fourth-order valence-corrected chi connectivity index (χ4v) is 5.06. The maximum atomic E-state index is 13.9. The van der Waals surface area contributed by atoms with Gasteiger partial charge < -0.3 is 15.5 Å². The van der Waals surface area contributed by atoms with Gasteiger partial charge >= 0.3 is 0 Å². The summed E-state index contributed by atoms with van der Waals surface area (Å²) in [5.74, 6) is -1.06. The molecule has 2 aliphatic heterocycles. The number of amidine groups is 2. The molecular weight excluding hydrogens is 476 g/mol. The number of halogens is 2. The van der Waals surface area contributed by atoms with E-state index in [1.165, 1.54) is 27.9 Å². The van der Waals surface area contributed by atoms with Gasteiger partial charge in [0.2, 0.25) is 5.91 Å². The Morgan fingerprint density at radius 1 is 1.16 bits per heavy atom. The van der Waals surface area contributed by atoms with E-state index in [-0.39, 0.29) is 24.3 Å². The molecule has 0 saturated heterocycles. The van der Waals surface area contributed by atoms with Gasteiger partial charge in [0, 0.05) is 23.7 Å². The first kappa shape index (κ1) is 23.1. The molecule has 0 radical (unpaired) electrons. The second-order valence-corrected chi connectivity index (χ2v) is 9.45. The van der Waals surface area contributed by atoms with Crippen molar-refractivity contribution in [3.05, 3.63) is 95.1 Å². The predicted octanol–water partition coefficient (Wildman–Crippen LogP) is 3.59. The first-order chi connectivity index (χ1) is 17.9. The lowest BCUT2D eigenvalue weighted by Gasteiger charge is -2.30. The van der Waals surface area contributed by atoms with Crippen LogP contribution in [0.4, 0.5) is 14.5 Å². The Morgan fingerprint density at radius 2 is 1.95 bits per heavy atom. The molecular formula is C27H25F2N7O. The largest absolute Gasteiger partial charge is 0.340 e. The van der Waals surface area contributed by atoms with Gasteiger partial charge in [-0.2, -0.15) is 5.10 Å². The molecule has 188 valence electrons. The lowest BCUT2D eigenvalue weighted by atomic mass is 10.1. The summed E-state index contributed by atoms with van der Waals surface area (Å²) >= 11 is 0. The quantitative estimate of drug-likeness (QED) is 0.560. The number of aromatic nitrogens is 2. The minimum Gasteiger partial charge on any atom is -0.340 e. The number of nitrogens with zero attached hydrogens (tertiary/aromatic N) is 5. The normalized spacial score (nSPS) is 19.8. The smallest absolute Gasteiger partial charge is 0.246 e. The third-order valence-corrected chi connectivity index (χ3v) is 6.76. The van der Waals surface area contributed by atoms with Crippen molar-refractivity contribution in [2.75, 3.05) is 11.9 Å². The number of amides is 1. The van der Waals surface area contributed by atoms with Gasteiger partial charge in [-0.05, 0) is 43.0 Å². The average molecular weight is 502 g/mol. The number of nitrogens with one attached hydrogen (secondary N) is 2. The molecule has 6 rings (SSSR count). The minimum atomic E-state index is -1.09. The zero-order valence-corrected chi connectivity index (χ0v) is 20.2. The maximum Gasteiger partial charge on any atom is 0.246 e. The number of fused-ring (bicyclic) bond motifs is 2. The molecule has 1 amide bonds. The summed E-state index contributed by atoms with van der Waals surface area (Å²) in [5.41, 5.74) is 4.34. The molecule has 1 unspecified atom stereocenters. The van der Waals surface area contributed by atoms with E-state index in [1.807, 2.05) is 13.1 Å². The molecule has 0 saturated carbocycles. The molecule has 3 heterocycles. The Labute approximate surface area is 212 Å². The fourth-order valence-electron chi connectivity index (χ4n) is 5.06. The van der Waals surface area contributed by atoms with E-state index in [0.29, 0.717) is 6.54 Å². The Bertz CT molecular complexity index is 1450. The number of benzene rings is 2. The number of rotatable bonds is 5. The van der Waals surface area contributed by atoms with Crippen LogP contribution in [0.1, 0.15) is 29.7 Å². The zero-order chi connectivity index (χ0) is 25.5. The first-order valence-electron chi connectivity index (χ1n) is 12.1. The SMILES string of the molecule is CC1=CN2C(=NCC2c2cnn(CC(=O)Nc3cccc(F)c3F)c2)C(=NC2Cc3ccccc3C2)N1. The molecule has 8 nitrogen and oxygen atoms in total. The molecule has 0 fully saturated rings.